The molecule has 1 unspecified atom stereocenters. The van der Waals surface area contributed by atoms with Gasteiger partial charge in [-0.3, -0.25) is 0 Å². The fraction of sp³-hybridized carbons (Fsp3) is 0.458. The average molecular weight is 394 g/mol. The standard InChI is InChI=1S/C24H35N5/c1-5-25-24(26-16-20-8-6-7-9-21(20)17-28(3)4)27-22-14-15-29(18-22)23-12-10-19(2)11-13-23/h6-13,22H,5,14-18H2,1-4H3,(H2,25,26,27). The molecule has 0 spiro atoms. The normalized spacial score (nSPS) is 17.1. The van der Waals surface area contributed by atoms with E-state index >= 15 is 0 Å². The number of guanidine groups is 1. The van der Waals surface area contributed by atoms with Crippen LogP contribution in [0.3, 0.4) is 0 Å². The molecule has 1 atom stereocenters. The Morgan fingerprint density at radius 1 is 1.10 bits per heavy atom. The maximum atomic E-state index is 4.88. The lowest BCUT2D eigenvalue weighted by atomic mass is 10.1. The maximum absolute atomic E-state index is 4.88. The zero-order chi connectivity index (χ0) is 20.6. The molecule has 0 amide bonds. The minimum atomic E-state index is 0.408. The molecule has 1 aliphatic heterocycles. The number of hydrogen-bond acceptors (Lipinski definition) is 3. The van der Waals surface area contributed by atoms with Crippen LogP contribution in [-0.4, -0.2) is 50.6 Å². The molecule has 5 heteroatoms. The molecular formula is C24H35N5. The van der Waals surface area contributed by atoms with Crippen LogP contribution in [0, 0.1) is 6.92 Å². The summed E-state index contributed by atoms with van der Waals surface area (Å²) in [6.07, 6.45) is 1.12. The lowest BCUT2D eigenvalue weighted by molar-refractivity contribution is 0.401. The summed E-state index contributed by atoms with van der Waals surface area (Å²) < 4.78 is 0. The van der Waals surface area contributed by atoms with Crippen LogP contribution in [0.4, 0.5) is 5.69 Å². The van der Waals surface area contributed by atoms with Crippen LogP contribution < -0.4 is 15.5 Å². The molecule has 3 rings (SSSR count). The number of aryl methyl sites for hydroxylation is 1. The van der Waals surface area contributed by atoms with Gasteiger partial charge in [-0.2, -0.15) is 0 Å². The zero-order valence-electron chi connectivity index (χ0n) is 18.3. The third-order valence-electron chi connectivity index (χ3n) is 5.28. The smallest absolute Gasteiger partial charge is 0.191 e. The van der Waals surface area contributed by atoms with E-state index < -0.39 is 0 Å². The molecule has 5 nitrogen and oxygen atoms in total. The van der Waals surface area contributed by atoms with Crippen molar-refractivity contribution in [1.29, 1.82) is 0 Å². The number of hydrogen-bond donors (Lipinski definition) is 2. The second-order valence-corrected chi connectivity index (χ2v) is 8.11. The summed E-state index contributed by atoms with van der Waals surface area (Å²) in [6, 6.07) is 17.8. The van der Waals surface area contributed by atoms with Crippen molar-refractivity contribution in [3.05, 3.63) is 65.2 Å². The van der Waals surface area contributed by atoms with Crippen molar-refractivity contribution in [2.75, 3.05) is 38.6 Å². The summed E-state index contributed by atoms with van der Waals surface area (Å²) in [6.45, 7) is 8.81. The van der Waals surface area contributed by atoms with Crippen LogP contribution in [0.5, 0.6) is 0 Å². The van der Waals surface area contributed by atoms with Gasteiger partial charge in [-0.15, -0.1) is 0 Å². The van der Waals surface area contributed by atoms with Crippen LogP contribution in [0.1, 0.15) is 30.0 Å². The largest absolute Gasteiger partial charge is 0.369 e. The predicted octanol–water partition coefficient (Wildman–Crippen LogP) is 3.39. The van der Waals surface area contributed by atoms with Gasteiger partial charge in [0.15, 0.2) is 5.96 Å². The summed E-state index contributed by atoms with van der Waals surface area (Å²) in [5.74, 6) is 0.905. The molecule has 1 heterocycles. The van der Waals surface area contributed by atoms with Crippen LogP contribution in [0.15, 0.2) is 53.5 Å². The Hall–Kier alpha value is -2.53. The van der Waals surface area contributed by atoms with E-state index in [9.17, 15) is 0 Å². The van der Waals surface area contributed by atoms with Gasteiger partial charge in [0.1, 0.15) is 0 Å². The SMILES string of the molecule is CCNC(=NCc1ccccc1CN(C)C)NC1CCN(c2ccc(C)cc2)C1. The highest BCUT2D eigenvalue weighted by Gasteiger charge is 2.23. The lowest BCUT2D eigenvalue weighted by Crippen LogP contribution is -2.44. The Morgan fingerprint density at radius 3 is 2.52 bits per heavy atom. The lowest BCUT2D eigenvalue weighted by Gasteiger charge is -2.21. The highest BCUT2D eigenvalue weighted by atomic mass is 15.2. The number of anilines is 1. The second kappa shape index (κ2) is 10.3. The van der Waals surface area contributed by atoms with Gasteiger partial charge in [0, 0.05) is 37.9 Å². The first-order chi connectivity index (χ1) is 14.0. The summed E-state index contributed by atoms with van der Waals surface area (Å²) >= 11 is 0. The van der Waals surface area contributed by atoms with Crippen molar-refractivity contribution in [2.24, 2.45) is 4.99 Å². The monoisotopic (exact) mass is 393 g/mol. The molecule has 0 saturated carbocycles. The van der Waals surface area contributed by atoms with E-state index in [2.05, 4.69) is 96.9 Å². The predicted molar refractivity (Wildman–Crippen MR) is 124 cm³/mol. The first kappa shape index (κ1) is 21.2. The third kappa shape index (κ3) is 6.23. The Bertz CT molecular complexity index is 797. The van der Waals surface area contributed by atoms with Crippen LogP contribution >= 0.6 is 0 Å². The molecule has 1 fully saturated rings. The average Bonchev–Trinajstić information content (AvgIpc) is 3.16. The fourth-order valence-electron chi connectivity index (χ4n) is 3.75. The van der Waals surface area contributed by atoms with E-state index in [0.717, 1.165) is 38.6 Å². The maximum Gasteiger partial charge on any atom is 0.191 e. The molecule has 29 heavy (non-hydrogen) atoms. The van der Waals surface area contributed by atoms with Gasteiger partial charge in [-0.25, -0.2) is 4.99 Å². The molecule has 2 aromatic rings. The van der Waals surface area contributed by atoms with Gasteiger partial charge in [-0.1, -0.05) is 42.0 Å². The van der Waals surface area contributed by atoms with Gasteiger partial charge in [0.25, 0.3) is 0 Å². The third-order valence-corrected chi connectivity index (χ3v) is 5.28. The Balaban J connectivity index is 1.62. The van der Waals surface area contributed by atoms with E-state index in [1.807, 2.05) is 0 Å². The van der Waals surface area contributed by atoms with Crippen LogP contribution in [0.2, 0.25) is 0 Å². The molecule has 0 radical (unpaired) electrons. The summed E-state index contributed by atoms with van der Waals surface area (Å²) in [5.41, 5.74) is 5.23. The van der Waals surface area contributed by atoms with Crippen molar-refractivity contribution in [2.45, 2.75) is 39.4 Å². The summed E-state index contributed by atoms with van der Waals surface area (Å²) in [7, 11) is 4.21. The first-order valence-corrected chi connectivity index (χ1v) is 10.6. The molecule has 1 saturated heterocycles. The van der Waals surface area contributed by atoms with Gasteiger partial charge in [0.2, 0.25) is 0 Å². The summed E-state index contributed by atoms with van der Waals surface area (Å²) in [4.78, 5) is 9.53. The van der Waals surface area contributed by atoms with Gasteiger partial charge < -0.3 is 20.4 Å². The first-order valence-electron chi connectivity index (χ1n) is 10.6. The summed E-state index contributed by atoms with van der Waals surface area (Å²) in [5, 5.41) is 7.06. The molecule has 0 aliphatic carbocycles. The van der Waals surface area contributed by atoms with E-state index in [4.69, 9.17) is 4.99 Å². The van der Waals surface area contributed by atoms with E-state index in [0.29, 0.717) is 12.6 Å². The van der Waals surface area contributed by atoms with Crippen molar-refractivity contribution in [3.63, 3.8) is 0 Å². The molecule has 0 bridgehead atoms. The van der Waals surface area contributed by atoms with Crippen molar-refractivity contribution in [1.82, 2.24) is 15.5 Å². The topological polar surface area (TPSA) is 42.9 Å². The Morgan fingerprint density at radius 2 is 1.83 bits per heavy atom. The fourth-order valence-corrected chi connectivity index (χ4v) is 3.75. The van der Waals surface area contributed by atoms with E-state index in [1.54, 1.807) is 0 Å². The molecule has 2 N–H and O–H groups in total. The minimum Gasteiger partial charge on any atom is -0.369 e. The molecule has 2 aromatic carbocycles. The molecular weight excluding hydrogens is 358 g/mol. The molecule has 156 valence electrons. The zero-order valence-corrected chi connectivity index (χ0v) is 18.3. The second-order valence-electron chi connectivity index (χ2n) is 8.11. The number of nitrogens with one attached hydrogen (secondary N) is 2. The number of aliphatic imine (C=N–C) groups is 1. The van der Waals surface area contributed by atoms with Crippen molar-refractivity contribution in [3.8, 4) is 0 Å². The van der Waals surface area contributed by atoms with Gasteiger partial charge >= 0.3 is 0 Å². The van der Waals surface area contributed by atoms with Crippen molar-refractivity contribution >= 4 is 11.6 Å². The quantitative estimate of drug-likeness (QED) is 0.559. The van der Waals surface area contributed by atoms with Crippen molar-refractivity contribution < 1.29 is 0 Å². The van der Waals surface area contributed by atoms with Crippen LogP contribution in [-0.2, 0) is 13.1 Å². The van der Waals surface area contributed by atoms with Crippen LogP contribution in [0.25, 0.3) is 0 Å². The highest BCUT2D eigenvalue weighted by molar-refractivity contribution is 5.80. The van der Waals surface area contributed by atoms with Gasteiger partial charge in [0.05, 0.1) is 6.54 Å². The Kier molecular flexibility index (Phi) is 7.53. The Labute approximate surface area is 175 Å². The van der Waals surface area contributed by atoms with E-state index in [-0.39, 0.29) is 0 Å². The minimum absolute atomic E-state index is 0.408. The molecule has 1 aliphatic rings. The van der Waals surface area contributed by atoms with Gasteiger partial charge in [-0.05, 0) is 57.6 Å². The number of benzene rings is 2. The van der Waals surface area contributed by atoms with E-state index in [1.165, 1.54) is 22.4 Å². The molecule has 0 aromatic heterocycles. The number of rotatable bonds is 7. The highest BCUT2D eigenvalue weighted by Crippen LogP contribution is 2.20. The number of nitrogens with zero attached hydrogens (tertiary/aromatic N) is 3.